The Bertz CT molecular complexity index is 265. The van der Waals surface area contributed by atoms with Crippen molar-refractivity contribution in [3.63, 3.8) is 0 Å². The minimum Gasteiger partial charge on any atom is -0.358 e. The van der Waals surface area contributed by atoms with E-state index < -0.39 is 12.7 Å². The second-order valence-corrected chi connectivity index (χ2v) is 4.54. The summed E-state index contributed by atoms with van der Waals surface area (Å²) in [5, 5.41) is 7.83. The number of nitrogens with zero attached hydrogens (tertiary/aromatic N) is 2. The van der Waals surface area contributed by atoms with Crippen molar-refractivity contribution in [1.82, 2.24) is 9.80 Å². The Morgan fingerprint density at radius 3 is 2.12 bits per heavy atom. The van der Waals surface area contributed by atoms with Gasteiger partial charge in [-0.1, -0.05) is 0 Å². The molecule has 0 spiro atoms. The molecule has 2 rings (SSSR count). The van der Waals surface area contributed by atoms with E-state index in [0.29, 0.717) is 37.9 Å². The highest BCUT2D eigenvalue weighted by Gasteiger charge is 2.35. The van der Waals surface area contributed by atoms with Crippen LogP contribution in [0, 0.1) is 11.3 Å². The van der Waals surface area contributed by atoms with Gasteiger partial charge in [0.1, 0.15) is 0 Å². The molecule has 1 N–H and O–H groups in total. The van der Waals surface area contributed by atoms with Crippen molar-refractivity contribution in [2.75, 3.05) is 32.7 Å². The van der Waals surface area contributed by atoms with Crippen LogP contribution >= 0.6 is 0 Å². The molecule has 0 aromatic carbocycles. The van der Waals surface area contributed by atoms with Crippen molar-refractivity contribution in [1.29, 1.82) is 5.41 Å². The Morgan fingerprint density at radius 1 is 1.12 bits per heavy atom. The number of alkyl halides is 3. The lowest BCUT2D eigenvalue weighted by molar-refractivity contribution is -0.148. The Balaban J connectivity index is 1.75. The molecule has 1 heterocycles. The van der Waals surface area contributed by atoms with Crippen LogP contribution in [0.25, 0.3) is 0 Å². The molecule has 3 nitrogen and oxygen atoms in total. The first-order chi connectivity index (χ1) is 7.46. The van der Waals surface area contributed by atoms with Gasteiger partial charge in [0.05, 0.1) is 12.4 Å². The van der Waals surface area contributed by atoms with Crippen LogP contribution in [0.2, 0.25) is 0 Å². The maximum atomic E-state index is 12.1. The summed E-state index contributed by atoms with van der Waals surface area (Å²) in [6.45, 7) is 1.12. The summed E-state index contributed by atoms with van der Waals surface area (Å²) in [6.07, 6.45) is -1.96. The van der Waals surface area contributed by atoms with Crippen LogP contribution in [0.15, 0.2) is 0 Å². The van der Waals surface area contributed by atoms with Gasteiger partial charge in [-0.3, -0.25) is 10.3 Å². The van der Waals surface area contributed by atoms with Gasteiger partial charge >= 0.3 is 6.18 Å². The van der Waals surface area contributed by atoms with E-state index in [1.165, 1.54) is 4.90 Å². The lowest BCUT2D eigenvalue weighted by Gasteiger charge is -2.36. The third-order valence-electron chi connectivity index (χ3n) is 3.08. The second-order valence-electron chi connectivity index (χ2n) is 4.54. The van der Waals surface area contributed by atoms with Crippen LogP contribution in [0.5, 0.6) is 0 Å². The summed E-state index contributed by atoms with van der Waals surface area (Å²) in [7, 11) is 0. The lowest BCUT2D eigenvalue weighted by atomic mass is 10.2. The van der Waals surface area contributed by atoms with Crippen LogP contribution in [0.1, 0.15) is 12.8 Å². The largest absolute Gasteiger partial charge is 0.401 e. The van der Waals surface area contributed by atoms with Gasteiger partial charge in [-0.25, -0.2) is 0 Å². The average molecular weight is 235 g/mol. The highest BCUT2D eigenvalue weighted by atomic mass is 19.4. The molecular weight excluding hydrogens is 219 g/mol. The van der Waals surface area contributed by atoms with Gasteiger partial charge in [-0.05, 0) is 12.8 Å². The molecule has 1 aliphatic carbocycles. The van der Waals surface area contributed by atoms with E-state index in [0.717, 1.165) is 12.8 Å². The standard InChI is InChI=1S/C10H16F3N3/c11-10(12,13)7-15-3-5-16(6-4-15)9(14)8-1-2-8/h8,14H,1-7H2. The molecule has 0 bridgehead atoms. The highest BCUT2D eigenvalue weighted by Crippen LogP contribution is 2.31. The number of rotatable bonds is 2. The van der Waals surface area contributed by atoms with Crippen LogP contribution in [-0.4, -0.2) is 54.5 Å². The maximum Gasteiger partial charge on any atom is 0.401 e. The molecule has 16 heavy (non-hydrogen) atoms. The van der Waals surface area contributed by atoms with Crippen molar-refractivity contribution in [2.24, 2.45) is 5.92 Å². The maximum absolute atomic E-state index is 12.1. The normalized spacial score (nSPS) is 23.6. The van der Waals surface area contributed by atoms with Crippen molar-refractivity contribution < 1.29 is 13.2 Å². The third kappa shape index (κ3) is 3.10. The zero-order chi connectivity index (χ0) is 11.8. The number of hydrogen-bond donors (Lipinski definition) is 1. The molecule has 0 amide bonds. The molecule has 0 aromatic heterocycles. The molecule has 1 saturated carbocycles. The summed E-state index contributed by atoms with van der Waals surface area (Å²) in [5.74, 6) is 1.01. The minimum absolute atomic E-state index is 0.383. The van der Waals surface area contributed by atoms with E-state index in [4.69, 9.17) is 5.41 Å². The molecule has 92 valence electrons. The Labute approximate surface area is 92.7 Å². The van der Waals surface area contributed by atoms with E-state index in [1.54, 1.807) is 0 Å². The number of halogens is 3. The van der Waals surface area contributed by atoms with E-state index >= 15 is 0 Å². The van der Waals surface area contributed by atoms with Crippen molar-refractivity contribution >= 4 is 5.84 Å². The molecule has 1 saturated heterocycles. The number of hydrogen-bond acceptors (Lipinski definition) is 2. The molecule has 0 aromatic rings. The predicted octanol–water partition coefficient (Wildman–Crippen LogP) is 1.55. The number of nitrogens with one attached hydrogen (secondary N) is 1. The van der Waals surface area contributed by atoms with E-state index in [9.17, 15) is 13.2 Å². The Hall–Kier alpha value is -0.780. The highest BCUT2D eigenvalue weighted by molar-refractivity contribution is 5.83. The van der Waals surface area contributed by atoms with Crippen LogP contribution in [-0.2, 0) is 0 Å². The average Bonchev–Trinajstić information content (AvgIpc) is 2.98. The first-order valence-corrected chi connectivity index (χ1v) is 5.58. The summed E-state index contributed by atoms with van der Waals surface area (Å²) in [5.41, 5.74) is 0. The molecule has 0 radical (unpaired) electrons. The fourth-order valence-electron chi connectivity index (χ4n) is 2.02. The quantitative estimate of drug-likeness (QED) is 0.581. The first-order valence-electron chi connectivity index (χ1n) is 5.58. The van der Waals surface area contributed by atoms with Gasteiger partial charge in [0.25, 0.3) is 0 Å². The van der Waals surface area contributed by atoms with Crippen molar-refractivity contribution in [2.45, 2.75) is 19.0 Å². The summed E-state index contributed by atoms with van der Waals surface area (Å²) < 4.78 is 36.4. The van der Waals surface area contributed by atoms with Gasteiger partial charge in [0, 0.05) is 32.1 Å². The summed E-state index contributed by atoms with van der Waals surface area (Å²) in [4.78, 5) is 3.33. The zero-order valence-corrected chi connectivity index (χ0v) is 9.06. The predicted molar refractivity (Wildman–Crippen MR) is 54.5 cm³/mol. The topological polar surface area (TPSA) is 30.3 Å². The van der Waals surface area contributed by atoms with Crippen molar-refractivity contribution in [3.8, 4) is 0 Å². The van der Waals surface area contributed by atoms with Gasteiger partial charge in [0.15, 0.2) is 0 Å². The fraction of sp³-hybridized carbons (Fsp3) is 0.900. The molecule has 2 fully saturated rings. The van der Waals surface area contributed by atoms with Gasteiger partial charge in [0.2, 0.25) is 0 Å². The van der Waals surface area contributed by atoms with E-state index in [2.05, 4.69) is 0 Å². The molecular formula is C10H16F3N3. The molecule has 6 heteroatoms. The fourth-order valence-corrected chi connectivity index (χ4v) is 2.02. The van der Waals surface area contributed by atoms with Gasteiger partial charge < -0.3 is 4.90 Å². The lowest BCUT2D eigenvalue weighted by Crippen LogP contribution is -2.51. The van der Waals surface area contributed by atoms with Crippen molar-refractivity contribution in [3.05, 3.63) is 0 Å². The Morgan fingerprint density at radius 2 is 1.69 bits per heavy atom. The first kappa shape index (κ1) is 11.7. The summed E-state index contributed by atoms with van der Waals surface area (Å²) >= 11 is 0. The van der Waals surface area contributed by atoms with E-state index in [-0.39, 0.29) is 0 Å². The molecule has 2 aliphatic rings. The van der Waals surface area contributed by atoms with Crippen LogP contribution < -0.4 is 0 Å². The zero-order valence-electron chi connectivity index (χ0n) is 9.06. The van der Waals surface area contributed by atoms with Gasteiger partial charge in [-0.15, -0.1) is 0 Å². The molecule has 0 atom stereocenters. The van der Waals surface area contributed by atoms with E-state index in [1.807, 2.05) is 4.90 Å². The second kappa shape index (κ2) is 4.24. The number of piperazine rings is 1. The minimum atomic E-state index is -4.10. The third-order valence-corrected chi connectivity index (χ3v) is 3.08. The monoisotopic (exact) mass is 235 g/mol. The smallest absolute Gasteiger partial charge is 0.358 e. The molecule has 1 aliphatic heterocycles. The summed E-state index contributed by atoms with van der Waals surface area (Å²) in [6, 6.07) is 0. The van der Waals surface area contributed by atoms with Gasteiger partial charge in [-0.2, -0.15) is 13.2 Å². The van der Waals surface area contributed by atoms with Crippen LogP contribution in [0.3, 0.4) is 0 Å². The SMILES string of the molecule is N=C(C1CC1)N1CCN(CC(F)(F)F)CC1. The molecule has 0 unspecified atom stereocenters. The van der Waals surface area contributed by atoms with Crippen LogP contribution in [0.4, 0.5) is 13.2 Å². The number of amidine groups is 1. The Kier molecular flexibility index (Phi) is 3.10.